The largest absolute Gasteiger partial charge is 0.319 e. The quantitative estimate of drug-likeness (QED) is 0.819. The first-order valence-electron chi connectivity index (χ1n) is 6.49. The molecule has 0 saturated carbocycles. The van der Waals surface area contributed by atoms with Crippen molar-refractivity contribution in [1.82, 2.24) is 19.7 Å². The zero-order valence-electron chi connectivity index (χ0n) is 11.3. The molecule has 1 aromatic heterocycles. The summed E-state index contributed by atoms with van der Waals surface area (Å²) in [6.07, 6.45) is 4.61. The highest BCUT2D eigenvalue weighted by atomic mass is 79.9. The van der Waals surface area contributed by atoms with Crippen LogP contribution < -0.4 is 0 Å². The normalized spacial score (nSPS) is 12.8. The Hall–Kier alpha value is -1.20. The second kappa shape index (κ2) is 6.82. The van der Waals surface area contributed by atoms with Crippen LogP contribution in [0.1, 0.15) is 24.9 Å². The van der Waals surface area contributed by atoms with Crippen molar-refractivity contribution in [2.75, 3.05) is 13.6 Å². The summed E-state index contributed by atoms with van der Waals surface area (Å²) in [5.41, 5.74) is 1.36. The van der Waals surface area contributed by atoms with Crippen LogP contribution in [0.25, 0.3) is 0 Å². The topological polar surface area (TPSA) is 34.0 Å². The summed E-state index contributed by atoms with van der Waals surface area (Å²) >= 11 is 3.48. The van der Waals surface area contributed by atoms with E-state index >= 15 is 0 Å². The molecule has 0 bridgehead atoms. The lowest BCUT2D eigenvalue weighted by atomic mass is 10.0. The van der Waals surface area contributed by atoms with Gasteiger partial charge in [0.2, 0.25) is 0 Å². The van der Waals surface area contributed by atoms with Crippen LogP contribution in [0.3, 0.4) is 0 Å². The van der Waals surface area contributed by atoms with Crippen molar-refractivity contribution >= 4 is 15.9 Å². The standard InChI is InChI=1S/C14H19BrN4/c1-3-14(12-4-6-13(15)7-5-12)18(2)8-9-19-10-16-17-11-19/h4-7,10-11,14H,3,8-9H2,1-2H3. The van der Waals surface area contributed by atoms with Gasteiger partial charge in [-0.3, -0.25) is 4.90 Å². The molecular formula is C14H19BrN4. The summed E-state index contributed by atoms with van der Waals surface area (Å²) in [7, 11) is 2.17. The van der Waals surface area contributed by atoms with Crippen LogP contribution in [0.15, 0.2) is 41.4 Å². The van der Waals surface area contributed by atoms with Crippen LogP contribution in [0, 0.1) is 0 Å². The Morgan fingerprint density at radius 2 is 1.84 bits per heavy atom. The molecule has 0 radical (unpaired) electrons. The lowest BCUT2D eigenvalue weighted by molar-refractivity contribution is 0.229. The molecule has 1 atom stereocenters. The Bertz CT molecular complexity index is 481. The molecule has 0 spiro atoms. The van der Waals surface area contributed by atoms with Gasteiger partial charge in [0.15, 0.2) is 0 Å². The number of halogens is 1. The molecule has 19 heavy (non-hydrogen) atoms. The number of rotatable bonds is 6. The monoisotopic (exact) mass is 322 g/mol. The average Bonchev–Trinajstić information content (AvgIpc) is 2.92. The van der Waals surface area contributed by atoms with Crippen molar-refractivity contribution in [3.05, 3.63) is 47.0 Å². The van der Waals surface area contributed by atoms with Crippen molar-refractivity contribution in [2.24, 2.45) is 0 Å². The van der Waals surface area contributed by atoms with Crippen molar-refractivity contribution in [3.63, 3.8) is 0 Å². The fourth-order valence-electron chi connectivity index (χ4n) is 2.25. The Labute approximate surface area is 122 Å². The zero-order chi connectivity index (χ0) is 13.7. The smallest absolute Gasteiger partial charge is 0.119 e. The zero-order valence-corrected chi connectivity index (χ0v) is 12.9. The van der Waals surface area contributed by atoms with Gasteiger partial charge in [0.05, 0.1) is 0 Å². The number of benzene rings is 1. The maximum atomic E-state index is 3.82. The highest BCUT2D eigenvalue weighted by molar-refractivity contribution is 9.10. The molecule has 0 saturated heterocycles. The van der Waals surface area contributed by atoms with Crippen LogP contribution >= 0.6 is 15.9 Å². The Balaban J connectivity index is 1.98. The molecule has 0 fully saturated rings. The summed E-state index contributed by atoms with van der Waals surface area (Å²) in [6.45, 7) is 4.12. The van der Waals surface area contributed by atoms with Gasteiger partial charge in [-0.1, -0.05) is 35.0 Å². The van der Waals surface area contributed by atoms with E-state index in [0.29, 0.717) is 6.04 Å². The van der Waals surface area contributed by atoms with Crippen LogP contribution in [-0.2, 0) is 6.54 Å². The first-order chi connectivity index (χ1) is 9.20. The van der Waals surface area contributed by atoms with Crippen LogP contribution in [0.5, 0.6) is 0 Å². The highest BCUT2D eigenvalue weighted by Gasteiger charge is 2.14. The van der Waals surface area contributed by atoms with E-state index in [-0.39, 0.29) is 0 Å². The molecule has 0 amide bonds. The van der Waals surface area contributed by atoms with Crippen LogP contribution in [-0.4, -0.2) is 33.3 Å². The summed E-state index contributed by atoms with van der Waals surface area (Å²) in [5, 5.41) is 7.64. The predicted octanol–water partition coefficient (Wildman–Crippen LogP) is 3.12. The molecule has 0 N–H and O–H groups in total. The van der Waals surface area contributed by atoms with Crippen LogP contribution in [0.2, 0.25) is 0 Å². The van der Waals surface area contributed by atoms with Gasteiger partial charge in [0.1, 0.15) is 12.7 Å². The van der Waals surface area contributed by atoms with Gasteiger partial charge in [-0.05, 0) is 31.2 Å². The maximum absolute atomic E-state index is 3.82. The second-order valence-electron chi connectivity index (χ2n) is 4.66. The summed E-state index contributed by atoms with van der Waals surface area (Å²) < 4.78 is 3.13. The van der Waals surface area contributed by atoms with Gasteiger partial charge in [-0.2, -0.15) is 0 Å². The van der Waals surface area contributed by atoms with E-state index in [1.54, 1.807) is 12.7 Å². The molecule has 0 aliphatic rings. The highest BCUT2D eigenvalue weighted by Crippen LogP contribution is 2.24. The number of hydrogen-bond acceptors (Lipinski definition) is 3. The van der Waals surface area contributed by atoms with Gasteiger partial charge in [0.25, 0.3) is 0 Å². The summed E-state index contributed by atoms with van der Waals surface area (Å²) in [6, 6.07) is 9.03. The third kappa shape index (κ3) is 3.88. The molecule has 1 aromatic carbocycles. The first-order valence-corrected chi connectivity index (χ1v) is 7.28. The van der Waals surface area contributed by atoms with E-state index in [4.69, 9.17) is 0 Å². The second-order valence-corrected chi connectivity index (χ2v) is 5.57. The predicted molar refractivity (Wildman–Crippen MR) is 79.8 cm³/mol. The first kappa shape index (κ1) is 14.2. The van der Waals surface area contributed by atoms with Gasteiger partial charge in [-0.15, -0.1) is 10.2 Å². The fourth-order valence-corrected chi connectivity index (χ4v) is 2.52. The number of likely N-dealkylation sites (N-methyl/N-ethyl adjacent to an activating group) is 1. The van der Waals surface area contributed by atoms with Crippen molar-refractivity contribution < 1.29 is 0 Å². The van der Waals surface area contributed by atoms with Crippen molar-refractivity contribution in [3.8, 4) is 0 Å². The Morgan fingerprint density at radius 3 is 2.42 bits per heavy atom. The van der Waals surface area contributed by atoms with Gasteiger partial charge in [0, 0.05) is 23.6 Å². The van der Waals surface area contributed by atoms with E-state index < -0.39 is 0 Å². The van der Waals surface area contributed by atoms with E-state index in [1.807, 2.05) is 4.57 Å². The Morgan fingerprint density at radius 1 is 1.21 bits per heavy atom. The molecular weight excluding hydrogens is 304 g/mol. The molecule has 102 valence electrons. The summed E-state index contributed by atoms with van der Waals surface area (Å²) in [5.74, 6) is 0. The lowest BCUT2D eigenvalue weighted by Gasteiger charge is -2.27. The van der Waals surface area contributed by atoms with Crippen molar-refractivity contribution in [1.29, 1.82) is 0 Å². The van der Waals surface area contributed by atoms with E-state index in [0.717, 1.165) is 24.0 Å². The SMILES string of the molecule is CCC(c1ccc(Br)cc1)N(C)CCn1cnnc1. The molecule has 2 rings (SSSR count). The molecule has 1 unspecified atom stereocenters. The number of aromatic nitrogens is 3. The summed E-state index contributed by atoms with van der Waals surface area (Å²) in [4.78, 5) is 2.38. The minimum Gasteiger partial charge on any atom is -0.319 e. The lowest BCUT2D eigenvalue weighted by Crippen LogP contribution is -2.27. The van der Waals surface area contributed by atoms with Crippen LogP contribution in [0.4, 0.5) is 0 Å². The van der Waals surface area contributed by atoms with E-state index in [9.17, 15) is 0 Å². The third-order valence-electron chi connectivity index (χ3n) is 3.35. The minimum absolute atomic E-state index is 0.449. The molecule has 2 aromatic rings. The van der Waals surface area contributed by atoms with Gasteiger partial charge < -0.3 is 4.57 Å². The minimum atomic E-state index is 0.449. The number of hydrogen-bond donors (Lipinski definition) is 0. The third-order valence-corrected chi connectivity index (χ3v) is 3.88. The molecule has 0 aliphatic heterocycles. The van der Waals surface area contributed by atoms with Crippen molar-refractivity contribution in [2.45, 2.75) is 25.9 Å². The van der Waals surface area contributed by atoms with Gasteiger partial charge >= 0.3 is 0 Å². The average molecular weight is 323 g/mol. The van der Waals surface area contributed by atoms with E-state index in [2.05, 4.69) is 69.3 Å². The maximum Gasteiger partial charge on any atom is 0.119 e. The fraction of sp³-hybridized carbons (Fsp3) is 0.429. The molecule has 1 heterocycles. The number of nitrogens with zero attached hydrogens (tertiary/aromatic N) is 4. The Kier molecular flexibility index (Phi) is 5.10. The molecule has 5 heteroatoms. The molecule has 4 nitrogen and oxygen atoms in total. The van der Waals surface area contributed by atoms with Gasteiger partial charge in [-0.25, -0.2) is 0 Å². The molecule has 0 aliphatic carbocycles. The van der Waals surface area contributed by atoms with E-state index in [1.165, 1.54) is 5.56 Å².